The Morgan fingerprint density at radius 1 is 1.14 bits per heavy atom. The lowest BCUT2D eigenvalue weighted by Crippen LogP contribution is -2.51. The molecule has 1 fully saturated rings. The van der Waals surface area contributed by atoms with Gasteiger partial charge in [-0.15, -0.1) is 0 Å². The average molecular weight is 485 g/mol. The second-order valence-electron chi connectivity index (χ2n) is 9.21. The van der Waals surface area contributed by atoms with Crippen LogP contribution in [-0.4, -0.2) is 53.8 Å². The molecule has 2 aliphatic heterocycles. The van der Waals surface area contributed by atoms with Crippen LogP contribution in [0.15, 0.2) is 46.8 Å². The molecule has 1 unspecified atom stereocenters. The summed E-state index contributed by atoms with van der Waals surface area (Å²) < 4.78 is 4.99. The van der Waals surface area contributed by atoms with Crippen LogP contribution >= 0.6 is 0 Å². The van der Waals surface area contributed by atoms with Gasteiger partial charge in [0, 0.05) is 42.2 Å². The van der Waals surface area contributed by atoms with E-state index in [1.807, 2.05) is 13.8 Å². The number of methoxy groups -OCH3 is 1. The predicted molar refractivity (Wildman–Crippen MR) is 129 cm³/mol. The van der Waals surface area contributed by atoms with Crippen molar-refractivity contribution in [2.75, 3.05) is 20.2 Å². The van der Waals surface area contributed by atoms with E-state index in [9.17, 15) is 24.5 Å². The van der Waals surface area contributed by atoms with Gasteiger partial charge in [0.2, 0.25) is 5.91 Å². The van der Waals surface area contributed by atoms with Crippen molar-refractivity contribution in [3.63, 3.8) is 0 Å². The van der Waals surface area contributed by atoms with Gasteiger partial charge < -0.3 is 20.3 Å². The van der Waals surface area contributed by atoms with Gasteiger partial charge in [-0.1, -0.05) is 26.0 Å². The molecule has 35 heavy (non-hydrogen) atoms. The summed E-state index contributed by atoms with van der Waals surface area (Å²) in [6.45, 7) is 8.42. The smallest absolute Gasteiger partial charge is 0.336 e. The third-order valence-electron chi connectivity index (χ3n) is 6.46. The van der Waals surface area contributed by atoms with Crippen molar-refractivity contribution in [2.45, 2.75) is 52.5 Å². The Labute approximate surface area is 204 Å². The highest BCUT2D eigenvalue weighted by atomic mass is 16.6. The third-order valence-corrected chi connectivity index (χ3v) is 6.46. The Morgan fingerprint density at radius 2 is 1.77 bits per heavy atom. The molecule has 1 aromatic carbocycles. The van der Waals surface area contributed by atoms with Gasteiger partial charge in [-0.3, -0.25) is 19.7 Å². The van der Waals surface area contributed by atoms with Crippen molar-refractivity contribution >= 4 is 23.5 Å². The number of nitro groups is 1. The van der Waals surface area contributed by atoms with Crippen molar-refractivity contribution in [2.24, 2.45) is 5.92 Å². The van der Waals surface area contributed by atoms with Gasteiger partial charge in [0.25, 0.3) is 11.6 Å². The standard InChI is InChI=1S/C25H32N4O6/c1-14(2)22(24(31)28-11-6-7-12-28)27-23(30)19-15(3)26-16(4)20(25(32)35-5)21(19)17-9-8-10-18(13-17)29(33)34/h8-10,13-14,21-22,26H,6-7,11-12H2,1-5H3,(H,27,30)/t21-,22?/m0/s1. The molecular formula is C25H32N4O6. The van der Waals surface area contributed by atoms with E-state index in [4.69, 9.17) is 4.74 Å². The molecule has 1 aromatic rings. The molecule has 0 aliphatic carbocycles. The maximum absolute atomic E-state index is 13.7. The summed E-state index contributed by atoms with van der Waals surface area (Å²) in [6.07, 6.45) is 1.86. The number of ether oxygens (including phenoxy) is 1. The second kappa shape index (κ2) is 10.7. The predicted octanol–water partition coefficient (Wildman–Crippen LogP) is 2.77. The molecule has 2 amide bonds. The monoisotopic (exact) mass is 484 g/mol. The van der Waals surface area contributed by atoms with Crippen molar-refractivity contribution in [3.05, 3.63) is 62.5 Å². The number of non-ortho nitro benzene ring substituents is 1. The molecule has 10 heteroatoms. The SMILES string of the molecule is COC(=O)C1=C(C)NC(C)=C(C(=O)NC(C(=O)N2CCCC2)C(C)C)[C@@H]1c1cccc([N+](=O)[O-])c1. The topological polar surface area (TPSA) is 131 Å². The molecule has 0 saturated carbocycles. The lowest BCUT2D eigenvalue weighted by molar-refractivity contribution is -0.384. The minimum absolute atomic E-state index is 0.139. The number of hydrogen-bond donors (Lipinski definition) is 2. The number of esters is 1. The molecule has 2 atom stereocenters. The molecule has 0 spiro atoms. The van der Waals surface area contributed by atoms with Crippen molar-refractivity contribution in [3.8, 4) is 0 Å². The Balaban J connectivity index is 2.06. The van der Waals surface area contributed by atoms with Gasteiger partial charge in [0.05, 0.1) is 23.5 Å². The Hall–Kier alpha value is -3.69. The van der Waals surface area contributed by atoms with Gasteiger partial charge in [0.15, 0.2) is 0 Å². The first-order valence-electron chi connectivity index (χ1n) is 11.7. The number of amides is 2. The van der Waals surface area contributed by atoms with Crippen molar-refractivity contribution in [1.82, 2.24) is 15.5 Å². The summed E-state index contributed by atoms with van der Waals surface area (Å²) in [5.41, 5.74) is 1.59. The van der Waals surface area contributed by atoms with Crippen LogP contribution in [0.4, 0.5) is 5.69 Å². The largest absolute Gasteiger partial charge is 0.466 e. The number of dihydropyridines is 1. The number of likely N-dealkylation sites (tertiary alicyclic amines) is 1. The van der Waals surface area contributed by atoms with Crippen LogP contribution in [0.25, 0.3) is 0 Å². The Bertz CT molecular complexity index is 1100. The highest BCUT2D eigenvalue weighted by Gasteiger charge is 2.39. The number of nitrogens with zero attached hydrogens (tertiary/aromatic N) is 2. The van der Waals surface area contributed by atoms with Crippen molar-refractivity contribution in [1.29, 1.82) is 0 Å². The van der Waals surface area contributed by atoms with E-state index in [0.29, 0.717) is 30.0 Å². The number of nitrogens with one attached hydrogen (secondary N) is 2. The highest BCUT2D eigenvalue weighted by Crippen LogP contribution is 2.39. The average Bonchev–Trinajstić information content (AvgIpc) is 3.36. The van der Waals surface area contributed by atoms with Crippen LogP contribution in [0.1, 0.15) is 52.0 Å². The number of carbonyl (C=O) groups is 3. The molecule has 2 heterocycles. The fourth-order valence-electron chi connectivity index (χ4n) is 4.69. The van der Waals surface area contributed by atoms with Crippen LogP contribution in [-0.2, 0) is 19.1 Å². The van der Waals surface area contributed by atoms with E-state index in [1.54, 1.807) is 24.8 Å². The van der Waals surface area contributed by atoms with Gasteiger partial charge in [-0.25, -0.2) is 4.79 Å². The molecule has 10 nitrogen and oxygen atoms in total. The minimum atomic E-state index is -0.918. The van der Waals surface area contributed by atoms with E-state index >= 15 is 0 Å². The molecule has 2 N–H and O–H groups in total. The first kappa shape index (κ1) is 25.9. The molecular weight excluding hydrogens is 452 g/mol. The molecule has 0 radical (unpaired) electrons. The summed E-state index contributed by atoms with van der Waals surface area (Å²) in [5, 5.41) is 17.4. The van der Waals surface area contributed by atoms with Gasteiger partial charge in [-0.05, 0) is 38.2 Å². The maximum atomic E-state index is 13.7. The van der Waals surface area contributed by atoms with Crippen LogP contribution in [0.5, 0.6) is 0 Å². The lowest BCUT2D eigenvalue weighted by atomic mass is 9.79. The van der Waals surface area contributed by atoms with Crippen LogP contribution in [0, 0.1) is 16.0 Å². The zero-order chi connectivity index (χ0) is 25.9. The number of rotatable bonds is 7. The molecule has 3 rings (SSSR count). The van der Waals surface area contributed by atoms with Crippen LogP contribution in [0.2, 0.25) is 0 Å². The van der Waals surface area contributed by atoms with Crippen molar-refractivity contribution < 1.29 is 24.0 Å². The second-order valence-corrected chi connectivity index (χ2v) is 9.21. The summed E-state index contributed by atoms with van der Waals surface area (Å²) in [6, 6.07) is 5.09. The molecule has 188 valence electrons. The highest BCUT2D eigenvalue weighted by molar-refractivity contribution is 6.03. The van der Waals surface area contributed by atoms with Crippen LogP contribution in [0.3, 0.4) is 0 Å². The van der Waals surface area contributed by atoms with E-state index in [2.05, 4.69) is 10.6 Å². The fourth-order valence-corrected chi connectivity index (χ4v) is 4.69. The summed E-state index contributed by atoms with van der Waals surface area (Å²) in [4.78, 5) is 52.3. The van der Waals surface area contributed by atoms with Crippen LogP contribution < -0.4 is 10.6 Å². The summed E-state index contributed by atoms with van der Waals surface area (Å²) in [7, 11) is 1.24. The lowest BCUT2D eigenvalue weighted by Gasteiger charge is -2.32. The molecule has 0 aromatic heterocycles. The zero-order valence-corrected chi connectivity index (χ0v) is 20.7. The van der Waals surface area contributed by atoms with Gasteiger partial charge in [0.1, 0.15) is 6.04 Å². The molecule has 2 aliphatic rings. The number of carbonyl (C=O) groups excluding carboxylic acids is 3. The first-order valence-corrected chi connectivity index (χ1v) is 11.7. The maximum Gasteiger partial charge on any atom is 0.336 e. The van der Waals surface area contributed by atoms with Gasteiger partial charge in [-0.2, -0.15) is 0 Å². The summed E-state index contributed by atoms with van der Waals surface area (Å²) >= 11 is 0. The third kappa shape index (κ3) is 5.36. The Kier molecular flexibility index (Phi) is 7.93. The quantitative estimate of drug-likeness (QED) is 0.346. The molecule has 1 saturated heterocycles. The zero-order valence-electron chi connectivity index (χ0n) is 20.7. The van der Waals surface area contributed by atoms with E-state index in [1.165, 1.54) is 25.3 Å². The van der Waals surface area contributed by atoms with E-state index in [-0.39, 0.29) is 28.7 Å². The minimum Gasteiger partial charge on any atom is -0.466 e. The van der Waals surface area contributed by atoms with E-state index in [0.717, 1.165) is 12.8 Å². The number of allylic oxidation sites excluding steroid dienone is 2. The number of benzene rings is 1. The van der Waals surface area contributed by atoms with Gasteiger partial charge >= 0.3 is 5.97 Å². The fraction of sp³-hybridized carbons (Fsp3) is 0.480. The number of nitro benzene ring substituents is 1. The summed E-state index contributed by atoms with van der Waals surface area (Å²) in [5.74, 6) is -2.40. The number of hydrogen-bond acceptors (Lipinski definition) is 7. The molecule has 0 bridgehead atoms. The first-order chi connectivity index (χ1) is 16.6. The van der Waals surface area contributed by atoms with E-state index < -0.39 is 28.8 Å². The normalized spacial score (nSPS) is 18.9. The Morgan fingerprint density at radius 3 is 2.34 bits per heavy atom.